The summed E-state index contributed by atoms with van der Waals surface area (Å²) < 4.78 is 0. The van der Waals surface area contributed by atoms with E-state index in [4.69, 9.17) is 0 Å². The zero-order valence-electron chi connectivity index (χ0n) is 17.8. The third-order valence-corrected chi connectivity index (χ3v) is 6.62. The second kappa shape index (κ2) is 8.64. The van der Waals surface area contributed by atoms with Gasteiger partial charge in [0, 0.05) is 25.3 Å². The predicted molar refractivity (Wildman–Crippen MR) is 120 cm³/mol. The molecule has 3 atom stereocenters. The van der Waals surface area contributed by atoms with Crippen molar-refractivity contribution in [2.24, 2.45) is 5.41 Å². The van der Waals surface area contributed by atoms with Gasteiger partial charge in [0.05, 0.1) is 17.1 Å². The lowest BCUT2D eigenvalue weighted by Crippen LogP contribution is -2.50. The average molecular weight is 409 g/mol. The number of carbonyl (C=O) groups is 1. The molecule has 0 radical (unpaired) electrons. The van der Waals surface area contributed by atoms with Crippen LogP contribution in [0.3, 0.4) is 0 Å². The van der Waals surface area contributed by atoms with Crippen LogP contribution in [0.15, 0.2) is 42.6 Å². The molecule has 30 heavy (non-hydrogen) atoms. The van der Waals surface area contributed by atoms with Crippen LogP contribution in [0.25, 0.3) is 0 Å². The van der Waals surface area contributed by atoms with E-state index < -0.39 is 11.4 Å². The molecule has 160 valence electrons. The molecule has 0 spiro atoms. The lowest BCUT2D eigenvalue weighted by Gasteiger charge is -2.34. The van der Waals surface area contributed by atoms with E-state index in [0.717, 1.165) is 49.4 Å². The highest BCUT2D eigenvalue weighted by Crippen LogP contribution is 2.48. The molecule has 0 unspecified atom stereocenters. The molecule has 2 aromatic rings. The number of hydrogen-bond donors (Lipinski definition) is 4. The lowest BCUT2D eigenvalue weighted by molar-refractivity contribution is -0.143. The minimum Gasteiger partial charge on any atom is -0.481 e. The highest BCUT2D eigenvalue weighted by molar-refractivity contribution is 5.78. The van der Waals surface area contributed by atoms with Crippen LogP contribution in [-0.2, 0) is 11.2 Å². The zero-order valence-corrected chi connectivity index (χ0v) is 17.8. The van der Waals surface area contributed by atoms with E-state index in [9.17, 15) is 9.90 Å². The van der Waals surface area contributed by atoms with Crippen LogP contribution in [0.2, 0.25) is 0 Å². The van der Waals surface area contributed by atoms with Crippen LogP contribution in [-0.4, -0.2) is 41.2 Å². The third kappa shape index (κ3) is 4.43. The Morgan fingerprint density at radius 1 is 1.33 bits per heavy atom. The summed E-state index contributed by atoms with van der Waals surface area (Å²) in [6.07, 6.45) is 5.06. The summed E-state index contributed by atoms with van der Waals surface area (Å²) in [7, 11) is 0. The summed E-state index contributed by atoms with van der Waals surface area (Å²) in [4.78, 5) is 16.0. The fourth-order valence-electron chi connectivity index (χ4n) is 4.39. The summed E-state index contributed by atoms with van der Waals surface area (Å²) in [5, 5.41) is 20.3. The van der Waals surface area contributed by atoms with Gasteiger partial charge in [-0.1, -0.05) is 38.1 Å². The van der Waals surface area contributed by atoms with Crippen LogP contribution in [0.5, 0.6) is 0 Å². The zero-order chi connectivity index (χ0) is 21.1. The van der Waals surface area contributed by atoms with Crippen molar-refractivity contribution in [1.29, 1.82) is 0 Å². The fraction of sp³-hybridized carbons (Fsp3) is 0.500. The number of anilines is 2. The smallest absolute Gasteiger partial charge is 0.309 e. The molecular weight excluding hydrogens is 376 g/mol. The Balaban J connectivity index is 1.35. The number of benzene rings is 1. The van der Waals surface area contributed by atoms with Crippen molar-refractivity contribution in [2.75, 3.05) is 23.7 Å². The van der Waals surface area contributed by atoms with Gasteiger partial charge in [-0.15, -0.1) is 0 Å². The standard InChI is InChI=1S/C24H32N4O2/c1-3-19(21-15-27-20-8-5-11-25-22(20)28-21)26-14-16(2)18-7-4-6-17(12-18)13-24(9-10-24)23(29)30/h4-8,11-12,16,19,21,26-27H,3,9-10,13-15H2,1-2H3,(H,25,28)(H,29,30)/t16-,19+,21+/m0/s1. The van der Waals surface area contributed by atoms with Gasteiger partial charge in [-0.25, -0.2) is 4.98 Å². The van der Waals surface area contributed by atoms with E-state index in [2.05, 4.69) is 59.0 Å². The molecule has 1 aromatic carbocycles. The predicted octanol–water partition coefficient (Wildman–Crippen LogP) is 3.87. The number of rotatable bonds is 9. The van der Waals surface area contributed by atoms with Crippen molar-refractivity contribution in [3.8, 4) is 0 Å². The van der Waals surface area contributed by atoms with Crippen molar-refractivity contribution in [2.45, 2.75) is 57.5 Å². The molecule has 4 rings (SSSR count). The molecule has 2 aliphatic rings. The monoisotopic (exact) mass is 408 g/mol. The molecule has 1 aromatic heterocycles. The number of aliphatic carboxylic acids is 1. The molecule has 4 N–H and O–H groups in total. The Kier molecular flexibility index (Phi) is 5.95. The van der Waals surface area contributed by atoms with Crippen LogP contribution in [0.4, 0.5) is 11.5 Å². The maximum atomic E-state index is 11.5. The van der Waals surface area contributed by atoms with Gasteiger partial charge in [0.2, 0.25) is 0 Å². The number of carboxylic acids is 1. The highest BCUT2D eigenvalue weighted by Gasteiger charge is 2.49. The van der Waals surface area contributed by atoms with Gasteiger partial charge in [-0.2, -0.15) is 0 Å². The van der Waals surface area contributed by atoms with Crippen molar-refractivity contribution in [1.82, 2.24) is 10.3 Å². The first-order valence-corrected chi connectivity index (χ1v) is 11.0. The molecule has 6 nitrogen and oxygen atoms in total. The van der Waals surface area contributed by atoms with E-state index in [1.807, 2.05) is 18.3 Å². The maximum Gasteiger partial charge on any atom is 0.309 e. The second-order valence-corrected chi connectivity index (χ2v) is 8.86. The van der Waals surface area contributed by atoms with Crippen molar-refractivity contribution < 1.29 is 9.90 Å². The number of nitrogens with one attached hydrogen (secondary N) is 3. The number of pyridine rings is 1. The highest BCUT2D eigenvalue weighted by atomic mass is 16.4. The molecule has 0 saturated heterocycles. The minimum atomic E-state index is -0.655. The van der Waals surface area contributed by atoms with Crippen LogP contribution < -0.4 is 16.0 Å². The molecular formula is C24H32N4O2. The van der Waals surface area contributed by atoms with E-state index in [1.54, 1.807) is 0 Å². The number of carboxylic acid groups (broad SMARTS) is 1. The minimum absolute atomic E-state index is 0.279. The van der Waals surface area contributed by atoms with E-state index in [1.165, 1.54) is 5.56 Å². The number of aromatic nitrogens is 1. The van der Waals surface area contributed by atoms with Gasteiger partial charge in [-0.05, 0) is 54.9 Å². The summed E-state index contributed by atoms with van der Waals surface area (Å²) in [5.74, 6) is 0.612. The fourth-order valence-corrected chi connectivity index (χ4v) is 4.39. The van der Waals surface area contributed by atoms with Crippen LogP contribution in [0.1, 0.15) is 50.2 Å². The third-order valence-electron chi connectivity index (χ3n) is 6.62. The Bertz CT molecular complexity index is 896. The second-order valence-electron chi connectivity index (χ2n) is 8.86. The van der Waals surface area contributed by atoms with E-state index in [0.29, 0.717) is 18.4 Å². The molecule has 1 fully saturated rings. The number of hydrogen-bond acceptors (Lipinski definition) is 5. The Morgan fingerprint density at radius 2 is 2.17 bits per heavy atom. The SMILES string of the molecule is CC[C@@H](NC[C@H](C)c1cccc(CC2(C(=O)O)CC2)c1)[C@H]1CNc2cccnc2N1. The topological polar surface area (TPSA) is 86.3 Å². The average Bonchev–Trinajstić information content (AvgIpc) is 3.55. The normalized spacial score (nSPS) is 20.9. The van der Waals surface area contributed by atoms with Crippen molar-refractivity contribution in [3.63, 3.8) is 0 Å². The number of fused-ring (bicyclic) bond motifs is 1. The summed E-state index contributed by atoms with van der Waals surface area (Å²) in [5.41, 5.74) is 2.94. The van der Waals surface area contributed by atoms with Gasteiger partial charge in [0.25, 0.3) is 0 Å². The van der Waals surface area contributed by atoms with Crippen LogP contribution >= 0.6 is 0 Å². The summed E-state index contributed by atoms with van der Waals surface area (Å²) in [6.45, 7) is 6.18. The Morgan fingerprint density at radius 3 is 2.90 bits per heavy atom. The molecule has 1 aliphatic heterocycles. The molecule has 6 heteroatoms. The van der Waals surface area contributed by atoms with E-state index >= 15 is 0 Å². The van der Waals surface area contributed by atoms with E-state index in [-0.39, 0.29) is 6.04 Å². The Hall–Kier alpha value is -2.60. The lowest BCUT2D eigenvalue weighted by atomic mass is 9.92. The van der Waals surface area contributed by atoms with Gasteiger partial charge in [0.1, 0.15) is 5.82 Å². The first-order chi connectivity index (χ1) is 14.5. The molecule has 1 saturated carbocycles. The van der Waals surface area contributed by atoms with Gasteiger partial charge in [-0.3, -0.25) is 4.79 Å². The molecule has 1 aliphatic carbocycles. The summed E-state index contributed by atoms with van der Waals surface area (Å²) in [6, 6.07) is 13.1. The van der Waals surface area contributed by atoms with Crippen molar-refractivity contribution in [3.05, 3.63) is 53.7 Å². The van der Waals surface area contributed by atoms with Crippen LogP contribution in [0, 0.1) is 5.41 Å². The molecule has 0 bridgehead atoms. The quantitative estimate of drug-likeness (QED) is 0.504. The molecule has 0 amide bonds. The Labute approximate surface area is 178 Å². The van der Waals surface area contributed by atoms with Crippen molar-refractivity contribution >= 4 is 17.5 Å². The largest absolute Gasteiger partial charge is 0.481 e. The molecule has 2 heterocycles. The van der Waals surface area contributed by atoms with Gasteiger partial charge < -0.3 is 21.1 Å². The number of nitrogens with zero attached hydrogens (tertiary/aromatic N) is 1. The van der Waals surface area contributed by atoms with Gasteiger partial charge in [0.15, 0.2) is 0 Å². The van der Waals surface area contributed by atoms with Gasteiger partial charge >= 0.3 is 5.97 Å². The first-order valence-electron chi connectivity index (χ1n) is 11.0. The maximum absolute atomic E-state index is 11.5. The first kappa shape index (κ1) is 20.7. The summed E-state index contributed by atoms with van der Waals surface area (Å²) >= 11 is 0.